The van der Waals surface area contributed by atoms with E-state index in [-0.39, 0.29) is 11.7 Å². The maximum Gasteiger partial charge on any atom is 0.410 e. The van der Waals surface area contributed by atoms with Crippen LogP contribution in [0.1, 0.15) is 59.3 Å². The topological polar surface area (TPSA) is 38.8 Å². The van der Waals surface area contributed by atoms with Gasteiger partial charge in [-0.15, -0.1) is 0 Å². The average molecular weight is 423 g/mol. The van der Waals surface area contributed by atoms with Crippen molar-refractivity contribution in [3.8, 4) is 0 Å². The highest BCUT2D eigenvalue weighted by Gasteiger charge is 2.38. The lowest BCUT2D eigenvalue weighted by Crippen LogP contribution is -2.54. The molecule has 128 valence electrons. The van der Waals surface area contributed by atoms with Gasteiger partial charge in [-0.25, -0.2) is 4.79 Å². The zero-order valence-electron chi connectivity index (χ0n) is 14.2. The van der Waals surface area contributed by atoms with Crippen LogP contribution in [0.15, 0.2) is 0 Å². The molecule has 0 radical (unpaired) electrons. The van der Waals surface area contributed by atoms with Crippen LogP contribution in [0.5, 0.6) is 0 Å². The molecule has 1 atom stereocenters. The lowest BCUT2D eigenvalue weighted by atomic mass is 9.83. The number of carbonyl (C=O) groups is 1. The highest BCUT2D eigenvalue weighted by molar-refractivity contribution is 14.1. The lowest BCUT2D eigenvalue weighted by Gasteiger charge is -2.42. The van der Waals surface area contributed by atoms with Crippen LogP contribution in [0, 0.1) is 5.92 Å². The summed E-state index contributed by atoms with van der Waals surface area (Å²) >= 11 is 2.40. The van der Waals surface area contributed by atoms with Crippen LogP contribution in [0.25, 0.3) is 0 Å². The third-order valence-electron chi connectivity index (χ3n) is 4.59. The summed E-state index contributed by atoms with van der Waals surface area (Å²) in [7, 11) is 0. The minimum Gasteiger partial charge on any atom is -0.444 e. The predicted molar refractivity (Wildman–Crippen MR) is 96.6 cm³/mol. The molecule has 2 aliphatic rings. The van der Waals surface area contributed by atoms with Crippen LogP contribution in [0.2, 0.25) is 0 Å². The molecule has 0 spiro atoms. The first-order valence-corrected chi connectivity index (χ1v) is 10.0. The summed E-state index contributed by atoms with van der Waals surface area (Å²) in [6, 6.07) is 0. The number of halogens is 1. The van der Waals surface area contributed by atoms with Crippen molar-refractivity contribution in [2.24, 2.45) is 5.92 Å². The van der Waals surface area contributed by atoms with Gasteiger partial charge in [0.2, 0.25) is 0 Å². The number of rotatable bonds is 5. The third-order valence-corrected chi connectivity index (χ3v) is 5.98. The molecule has 2 fully saturated rings. The second-order valence-corrected chi connectivity index (χ2v) is 8.52. The molecule has 1 saturated carbocycles. The lowest BCUT2D eigenvalue weighted by molar-refractivity contribution is -0.0797. The first-order valence-electron chi connectivity index (χ1n) is 8.51. The van der Waals surface area contributed by atoms with Gasteiger partial charge < -0.3 is 14.4 Å². The number of ether oxygens (including phenoxy) is 2. The fourth-order valence-corrected chi connectivity index (χ4v) is 3.91. The second kappa shape index (κ2) is 7.69. The molecule has 1 amide bonds. The Balaban J connectivity index is 1.85. The number of hydrogen-bond acceptors (Lipinski definition) is 3. The van der Waals surface area contributed by atoms with E-state index >= 15 is 0 Å². The molecular formula is C17H30INO3. The Morgan fingerprint density at radius 3 is 2.59 bits per heavy atom. The largest absolute Gasteiger partial charge is 0.444 e. The number of likely N-dealkylation sites (tertiary alicyclic amines) is 1. The van der Waals surface area contributed by atoms with Crippen LogP contribution in [0.3, 0.4) is 0 Å². The van der Waals surface area contributed by atoms with E-state index in [1.807, 2.05) is 25.7 Å². The van der Waals surface area contributed by atoms with E-state index in [1.54, 1.807) is 0 Å². The van der Waals surface area contributed by atoms with Crippen LogP contribution in [-0.2, 0) is 9.47 Å². The van der Waals surface area contributed by atoms with Gasteiger partial charge in [0.25, 0.3) is 0 Å². The summed E-state index contributed by atoms with van der Waals surface area (Å²) in [5.74, 6) is 0.872. The Labute approximate surface area is 148 Å². The van der Waals surface area contributed by atoms with Gasteiger partial charge in [-0.3, -0.25) is 0 Å². The number of amides is 1. The molecule has 0 bridgehead atoms. The minimum atomic E-state index is -0.438. The normalized spacial score (nSPS) is 26.6. The molecular weight excluding hydrogens is 393 g/mol. The van der Waals surface area contributed by atoms with Gasteiger partial charge in [-0.2, -0.15) is 0 Å². The minimum absolute atomic E-state index is 0.181. The van der Waals surface area contributed by atoms with E-state index in [4.69, 9.17) is 9.47 Å². The Morgan fingerprint density at radius 2 is 2.05 bits per heavy atom. The Kier molecular flexibility index (Phi) is 6.39. The summed E-state index contributed by atoms with van der Waals surface area (Å²) in [6.45, 7) is 8.01. The number of hydrogen-bond donors (Lipinski definition) is 0. The van der Waals surface area contributed by atoms with Crippen LogP contribution >= 0.6 is 22.6 Å². The van der Waals surface area contributed by atoms with Crippen molar-refractivity contribution in [3.63, 3.8) is 0 Å². The number of carbonyl (C=O) groups excluding carboxylic acids is 1. The van der Waals surface area contributed by atoms with Crippen molar-refractivity contribution in [1.82, 2.24) is 4.90 Å². The zero-order chi connectivity index (χ0) is 16.2. The van der Waals surface area contributed by atoms with E-state index in [0.29, 0.717) is 6.54 Å². The van der Waals surface area contributed by atoms with Crippen molar-refractivity contribution in [2.75, 3.05) is 24.1 Å². The zero-order valence-corrected chi connectivity index (χ0v) is 16.4. The van der Waals surface area contributed by atoms with Crippen LogP contribution < -0.4 is 0 Å². The standard InChI is InChI=1S/C17H30INO3/c1-16(2,3)22-15(20)19-10-5-9-17(12-18,13-19)21-11-8-14-6-4-7-14/h14H,4-13H2,1-3H3. The van der Waals surface area contributed by atoms with E-state index in [2.05, 4.69) is 22.6 Å². The SMILES string of the molecule is CC(C)(C)OC(=O)N1CCCC(CI)(OCCC2CCC2)C1. The second-order valence-electron chi connectivity index (χ2n) is 7.76. The number of nitrogens with zero attached hydrogens (tertiary/aromatic N) is 1. The van der Waals surface area contributed by atoms with Crippen molar-refractivity contribution in [1.29, 1.82) is 0 Å². The highest BCUT2D eigenvalue weighted by Crippen LogP contribution is 2.32. The van der Waals surface area contributed by atoms with Gasteiger partial charge >= 0.3 is 6.09 Å². The van der Waals surface area contributed by atoms with Gasteiger partial charge in [-0.05, 0) is 46.0 Å². The monoisotopic (exact) mass is 423 g/mol. The molecule has 1 unspecified atom stereocenters. The summed E-state index contributed by atoms with van der Waals surface area (Å²) in [4.78, 5) is 14.1. The molecule has 1 heterocycles. The summed E-state index contributed by atoms with van der Waals surface area (Å²) in [5, 5.41) is 0. The smallest absolute Gasteiger partial charge is 0.410 e. The van der Waals surface area contributed by atoms with Gasteiger partial charge in [0, 0.05) is 17.6 Å². The van der Waals surface area contributed by atoms with E-state index in [0.717, 1.165) is 36.3 Å². The maximum atomic E-state index is 12.3. The Morgan fingerprint density at radius 1 is 1.32 bits per heavy atom. The molecule has 2 rings (SSSR count). The number of piperidine rings is 1. The van der Waals surface area contributed by atoms with Gasteiger partial charge in [0.05, 0.1) is 12.1 Å². The van der Waals surface area contributed by atoms with Gasteiger partial charge in [0.15, 0.2) is 0 Å². The van der Waals surface area contributed by atoms with Gasteiger partial charge in [-0.1, -0.05) is 41.9 Å². The molecule has 1 aliphatic heterocycles. The average Bonchev–Trinajstić information content (AvgIpc) is 2.40. The van der Waals surface area contributed by atoms with Crippen LogP contribution in [-0.4, -0.2) is 46.3 Å². The fraction of sp³-hybridized carbons (Fsp3) is 0.941. The molecule has 0 aromatic carbocycles. The summed E-state index contributed by atoms with van der Waals surface area (Å²) in [5.41, 5.74) is -0.619. The maximum absolute atomic E-state index is 12.3. The molecule has 0 aromatic rings. The van der Waals surface area contributed by atoms with Crippen molar-refractivity contribution >= 4 is 28.7 Å². The quantitative estimate of drug-likeness (QED) is 0.486. The Bertz CT molecular complexity index is 379. The van der Waals surface area contributed by atoms with E-state index in [1.165, 1.54) is 25.7 Å². The molecule has 5 heteroatoms. The Hall–Kier alpha value is -0.0400. The number of alkyl halides is 1. The molecule has 0 aromatic heterocycles. The van der Waals surface area contributed by atoms with Crippen molar-refractivity contribution < 1.29 is 14.3 Å². The molecule has 4 nitrogen and oxygen atoms in total. The summed E-state index contributed by atoms with van der Waals surface area (Å²) < 4.78 is 12.7. The van der Waals surface area contributed by atoms with E-state index < -0.39 is 5.60 Å². The third kappa shape index (κ3) is 5.25. The van der Waals surface area contributed by atoms with Crippen molar-refractivity contribution in [3.05, 3.63) is 0 Å². The molecule has 22 heavy (non-hydrogen) atoms. The fourth-order valence-electron chi connectivity index (χ4n) is 3.07. The predicted octanol–water partition coefficient (Wildman–Crippen LogP) is 4.40. The molecule has 1 aliphatic carbocycles. The first-order chi connectivity index (χ1) is 10.3. The van der Waals surface area contributed by atoms with Gasteiger partial charge in [0.1, 0.15) is 5.60 Å². The summed E-state index contributed by atoms with van der Waals surface area (Å²) in [6.07, 6.45) is 7.12. The molecule has 1 saturated heterocycles. The highest BCUT2D eigenvalue weighted by atomic mass is 127. The van der Waals surface area contributed by atoms with Crippen LogP contribution in [0.4, 0.5) is 4.79 Å². The first kappa shape index (κ1) is 18.3. The van der Waals surface area contributed by atoms with Crippen molar-refractivity contribution in [2.45, 2.75) is 70.5 Å². The molecule has 0 N–H and O–H groups in total. The van der Waals surface area contributed by atoms with E-state index in [9.17, 15) is 4.79 Å².